The van der Waals surface area contributed by atoms with E-state index in [0.29, 0.717) is 34.1 Å². The van der Waals surface area contributed by atoms with E-state index in [2.05, 4.69) is 20.8 Å². The molecule has 0 saturated carbocycles. The number of hydrogen-bond acceptors (Lipinski definition) is 4. The average Bonchev–Trinajstić information content (AvgIpc) is 3.02. The van der Waals surface area contributed by atoms with Gasteiger partial charge in [-0.3, -0.25) is 9.13 Å². The molecule has 0 aliphatic carbocycles. The lowest BCUT2D eigenvalue weighted by Crippen LogP contribution is -2.36. The number of rotatable bonds is 14. The molecule has 0 saturated heterocycles. The van der Waals surface area contributed by atoms with Crippen LogP contribution in [-0.4, -0.2) is 12.2 Å². The number of benzene rings is 4. The topological polar surface area (TPSA) is 52.6 Å². The van der Waals surface area contributed by atoms with Crippen LogP contribution in [0.25, 0.3) is 0 Å². The standard InChI is InChI=1S/C34H40O4P2/c1-4-18-33(37-39(35,29-20-10-6-11-21-29)30-22-12-7-13-23-30)28(3)34(19-5-2)38-40(36,31-24-14-8-15-25-31)32-26-16-9-17-27-32/h6-17,20-28,33-34H,4-5,18-19H2,1-3H3. The summed E-state index contributed by atoms with van der Waals surface area (Å²) in [5.41, 5.74) is 0. The Bertz CT molecular complexity index is 1200. The van der Waals surface area contributed by atoms with Crippen LogP contribution >= 0.6 is 14.7 Å². The van der Waals surface area contributed by atoms with Crippen LogP contribution in [0.5, 0.6) is 0 Å². The van der Waals surface area contributed by atoms with Gasteiger partial charge in [0.15, 0.2) is 0 Å². The molecule has 0 bridgehead atoms. The van der Waals surface area contributed by atoms with Gasteiger partial charge in [-0.05, 0) is 61.4 Å². The quantitative estimate of drug-likeness (QED) is 0.144. The fraction of sp³-hybridized carbons (Fsp3) is 0.294. The Kier molecular flexibility index (Phi) is 10.8. The molecular weight excluding hydrogens is 534 g/mol. The maximum absolute atomic E-state index is 14.8. The van der Waals surface area contributed by atoms with Crippen LogP contribution in [0.2, 0.25) is 0 Å². The van der Waals surface area contributed by atoms with Gasteiger partial charge in [0.25, 0.3) is 14.7 Å². The highest BCUT2D eigenvalue weighted by molar-refractivity contribution is 7.74. The fourth-order valence-electron chi connectivity index (χ4n) is 5.05. The van der Waals surface area contributed by atoms with Crippen LogP contribution in [0.15, 0.2) is 121 Å². The first-order valence-electron chi connectivity index (χ1n) is 14.2. The van der Waals surface area contributed by atoms with Crippen molar-refractivity contribution in [3.63, 3.8) is 0 Å². The highest BCUT2D eigenvalue weighted by atomic mass is 31.2. The first-order chi connectivity index (χ1) is 19.4. The van der Waals surface area contributed by atoms with Crippen LogP contribution < -0.4 is 21.2 Å². The summed E-state index contributed by atoms with van der Waals surface area (Å²) in [7, 11) is -6.83. The lowest BCUT2D eigenvalue weighted by atomic mass is 9.92. The van der Waals surface area contributed by atoms with Gasteiger partial charge in [0.05, 0.1) is 12.2 Å². The second-order valence-electron chi connectivity index (χ2n) is 10.2. The van der Waals surface area contributed by atoms with Crippen molar-refractivity contribution in [3.05, 3.63) is 121 Å². The second kappa shape index (κ2) is 14.2. The molecule has 210 valence electrons. The van der Waals surface area contributed by atoms with Crippen LogP contribution in [-0.2, 0) is 18.2 Å². The van der Waals surface area contributed by atoms with E-state index >= 15 is 0 Å². The van der Waals surface area contributed by atoms with E-state index in [9.17, 15) is 9.13 Å². The van der Waals surface area contributed by atoms with Crippen LogP contribution in [0.4, 0.5) is 0 Å². The summed E-state index contributed by atoms with van der Waals surface area (Å²) in [5, 5.41) is 2.67. The molecule has 40 heavy (non-hydrogen) atoms. The van der Waals surface area contributed by atoms with Crippen molar-refractivity contribution in [1.29, 1.82) is 0 Å². The third-order valence-electron chi connectivity index (χ3n) is 7.27. The first kappa shape index (κ1) is 30.2. The Labute approximate surface area is 239 Å². The van der Waals surface area contributed by atoms with Gasteiger partial charge in [-0.25, -0.2) is 0 Å². The van der Waals surface area contributed by atoms with Crippen LogP contribution in [0.3, 0.4) is 0 Å². The fourth-order valence-corrected chi connectivity index (χ4v) is 9.75. The Morgan fingerprint density at radius 2 is 0.750 bits per heavy atom. The highest BCUT2D eigenvalue weighted by Gasteiger charge is 2.39. The maximum Gasteiger partial charge on any atom is 0.261 e. The normalized spacial score (nSPS) is 14.4. The SMILES string of the molecule is CCCC(OP(=O)(c1ccccc1)c1ccccc1)C(C)C(CCC)OP(=O)(c1ccccc1)c1ccccc1. The molecule has 6 heteroatoms. The van der Waals surface area contributed by atoms with Gasteiger partial charge in [0.1, 0.15) is 0 Å². The average molecular weight is 575 g/mol. The summed E-state index contributed by atoms with van der Waals surface area (Å²) < 4.78 is 43.1. The molecule has 0 aliphatic rings. The molecule has 2 atom stereocenters. The van der Waals surface area contributed by atoms with Gasteiger partial charge in [0.2, 0.25) is 0 Å². The molecule has 0 amide bonds. The molecule has 4 aromatic carbocycles. The van der Waals surface area contributed by atoms with Gasteiger partial charge >= 0.3 is 0 Å². The Hall–Kier alpha value is -2.74. The first-order valence-corrected chi connectivity index (χ1v) is 17.5. The highest BCUT2D eigenvalue weighted by Crippen LogP contribution is 2.51. The van der Waals surface area contributed by atoms with Crippen molar-refractivity contribution in [3.8, 4) is 0 Å². The smallest absolute Gasteiger partial charge is 0.261 e. The number of hydrogen-bond donors (Lipinski definition) is 0. The lowest BCUT2D eigenvalue weighted by Gasteiger charge is -2.35. The van der Waals surface area contributed by atoms with E-state index < -0.39 is 14.7 Å². The summed E-state index contributed by atoms with van der Waals surface area (Å²) in [6.07, 6.45) is 2.38. The van der Waals surface area contributed by atoms with Crippen molar-refractivity contribution >= 4 is 36.0 Å². The van der Waals surface area contributed by atoms with E-state index in [1.54, 1.807) is 0 Å². The molecule has 0 heterocycles. The van der Waals surface area contributed by atoms with Gasteiger partial charge in [0, 0.05) is 27.1 Å². The Morgan fingerprint density at radius 3 is 0.975 bits per heavy atom. The zero-order valence-corrected chi connectivity index (χ0v) is 25.4. The summed E-state index contributed by atoms with van der Waals surface area (Å²) >= 11 is 0. The zero-order valence-electron chi connectivity index (χ0n) is 23.6. The van der Waals surface area contributed by atoms with E-state index in [4.69, 9.17) is 9.05 Å². The van der Waals surface area contributed by atoms with Gasteiger partial charge in [-0.15, -0.1) is 0 Å². The van der Waals surface area contributed by atoms with Crippen molar-refractivity contribution < 1.29 is 18.2 Å². The minimum Gasteiger partial charge on any atom is -0.318 e. The van der Waals surface area contributed by atoms with Crippen molar-refractivity contribution in [2.75, 3.05) is 0 Å². The molecule has 4 rings (SSSR count). The monoisotopic (exact) mass is 574 g/mol. The molecule has 0 fully saturated rings. The Morgan fingerprint density at radius 1 is 0.500 bits per heavy atom. The zero-order chi connectivity index (χ0) is 28.4. The minimum atomic E-state index is -3.41. The summed E-state index contributed by atoms with van der Waals surface area (Å²) in [4.78, 5) is 0. The molecular formula is C34H40O4P2. The van der Waals surface area contributed by atoms with E-state index in [0.717, 1.165) is 12.8 Å². The van der Waals surface area contributed by atoms with E-state index in [1.165, 1.54) is 0 Å². The van der Waals surface area contributed by atoms with Gasteiger partial charge in [-0.2, -0.15) is 0 Å². The van der Waals surface area contributed by atoms with Crippen molar-refractivity contribution in [1.82, 2.24) is 0 Å². The summed E-state index contributed by atoms with van der Waals surface area (Å²) in [6, 6.07) is 37.8. The Balaban J connectivity index is 1.73. The molecule has 4 nitrogen and oxygen atoms in total. The van der Waals surface area contributed by atoms with Crippen LogP contribution in [0, 0.1) is 5.92 Å². The predicted octanol–water partition coefficient (Wildman–Crippen LogP) is 7.85. The summed E-state index contributed by atoms with van der Waals surface area (Å²) in [5.74, 6) is -0.165. The third kappa shape index (κ3) is 6.93. The lowest BCUT2D eigenvalue weighted by molar-refractivity contribution is 0.0480. The molecule has 0 radical (unpaired) electrons. The van der Waals surface area contributed by atoms with E-state index in [1.807, 2.05) is 121 Å². The van der Waals surface area contributed by atoms with E-state index in [-0.39, 0.29) is 18.1 Å². The maximum atomic E-state index is 14.8. The largest absolute Gasteiger partial charge is 0.318 e. The molecule has 0 spiro atoms. The van der Waals surface area contributed by atoms with Crippen LogP contribution in [0.1, 0.15) is 46.5 Å². The summed E-state index contributed by atoms with van der Waals surface area (Å²) in [6.45, 7) is 6.29. The molecule has 0 aliphatic heterocycles. The molecule has 0 aromatic heterocycles. The molecule has 0 N–H and O–H groups in total. The van der Waals surface area contributed by atoms with Gasteiger partial charge < -0.3 is 9.05 Å². The molecule has 4 aromatic rings. The second-order valence-corrected chi connectivity index (χ2v) is 14.9. The molecule has 2 unspecified atom stereocenters. The van der Waals surface area contributed by atoms with Crippen molar-refractivity contribution in [2.24, 2.45) is 5.92 Å². The van der Waals surface area contributed by atoms with Crippen molar-refractivity contribution in [2.45, 2.75) is 58.7 Å². The minimum absolute atomic E-state index is 0.165. The third-order valence-corrected chi connectivity index (χ3v) is 12.3. The van der Waals surface area contributed by atoms with Gasteiger partial charge in [-0.1, -0.05) is 106 Å². The predicted molar refractivity (Wildman–Crippen MR) is 168 cm³/mol.